The van der Waals surface area contributed by atoms with E-state index in [2.05, 4.69) is 45.9 Å². The van der Waals surface area contributed by atoms with Crippen molar-refractivity contribution in [3.8, 4) is 0 Å². The topological polar surface area (TPSA) is 67.9 Å². The van der Waals surface area contributed by atoms with E-state index in [1.54, 1.807) is 48.5 Å². The van der Waals surface area contributed by atoms with Crippen molar-refractivity contribution in [1.29, 1.82) is 0 Å². The molecule has 0 atom stereocenters. The predicted molar refractivity (Wildman–Crippen MR) is 252 cm³/mol. The number of non-ortho nitro benzene ring substituents is 1. The fourth-order valence-electron chi connectivity index (χ4n) is 9.14. The molecule has 0 spiro atoms. The summed E-state index contributed by atoms with van der Waals surface area (Å²) >= 11 is 0. The van der Waals surface area contributed by atoms with Crippen molar-refractivity contribution < 1.29 is 22.5 Å². The summed E-state index contributed by atoms with van der Waals surface area (Å²) < 4.78 is 58.9. The van der Waals surface area contributed by atoms with Crippen LogP contribution in [0.5, 0.6) is 0 Å². The highest BCUT2D eigenvalue weighted by Crippen LogP contribution is 2.48. The Labute approximate surface area is 374 Å². The predicted octanol–water partition coefficient (Wildman–Crippen LogP) is 15.2. The molecular weight excluding hydrogens is 823 g/mol. The first kappa shape index (κ1) is 42.8. The van der Waals surface area contributed by atoms with Crippen LogP contribution >= 0.6 is 0 Å². The fourth-order valence-corrected chi connectivity index (χ4v) is 9.14. The molecule has 0 heterocycles. The van der Waals surface area contributed by atoms with E-state index in [4.69, 9.17) is 9.98 Å². The largest absolute Gasteiger partial charge is 0.270 e. The molecule has 0 saturated heterocycles. The van der Waals surface area contributed by atoms with Gasteiger partial charge in [-0.2, -0.15) is 0 Å². The maximum atomic E-state index is 14.7. The van der Waals surface area contributed by atoms with Crippen molar-refractivity contribution in [2.24, 2.45) is 9.98 Å². The average Bonchev–Trinajstić information content (AvgIpc) is 3.59. The molecule has 5 nitrogen and oxygen atoms in total. The minimum Gasteiger partial charge on any atom is -0.258 e. The summed E-state index contributed by atoms with van der Waals surface area (Å²) in [5.74, 6) is -3.41. The van der Waals surface area contributed by atoms with E-state index in [0.717, 1.165) is 38.7 Å². The van der Waals surface area contributed by atoms with Crippen LogP contribution in [0.15, 0.2) is 174 Å². The molecule has 0 bridgehead atoms. The van der Waals surface area contributed by atoms with Gasteiger partial charge in [0.15, 0.2) is 0 Å². The van der Waals surface area contributed by atoms with Crippen molar-refractivity contribution in [3.05, 3.63) is 253 Å². The van der Waals surface area contributed by atoms with Crippen LogP contribution < -0.4 is 0 Å². The third-order valence-corrected chi connectivity index (χ3v) is 12.2. The van der Waals surface area contributed by atoms with Crippen LogP contribution in [-0.2, 0) is 0 Å². The lowest BCUT2D eigenvalue weighted by Crippen LogP contribution is -2.14. The second-order valence-electron chi connectivity index (χ2n) is 17.0. The molecule has 1 aliphatic carbocycles. The molecule has 0 saturated carbocycles. The number of nitro benzene ring substituents is 1. The minimum atomic E-state index is -0.856. The number of hydrogen-bond acceptors (Lipinski definition) is 4. The number of benzene rings is 8. The Morgan fingerprint density at radius 1 is 0.446 bits per heavy atom. The fraction of sp³-hybridized carbons (Fsp3) is 0.143. The molecule has 65 heavy (non-hydrogen) atoms. The third kappa shape index (κ3) is 8.26. The molecule has 0 unspecified atom stereocenters. The Balaban J connectivity index is 1.46. The zero-order valence-electron chi connectivity index (χ0n) is 36.1. The van der Waals surface area contributed by atoms with Crippen LogP contribution in [0.25, 0.3) is 10.8 Å². The molecule has 8 aromatic carbocycles. The van der Waals surface area contributed by atoms with Gasteiger partial charge >= 0.3 is 0 Å². The zero-order valence-corrected chi connectivity index (χ0v) is 36.1. The molecule has 322 valence electrons. The van der Waals surface area contributed by atoms with Crippen LogP contribution in [0.4, 0.5) is 34.6 Å². The van der Waals surface area contributed by atoms with Crippen LogP contribution in [0.3, 0.4) is 0 Å². The number of rotatable bonds is 11. The molecule has 0 radical (unpaired) electrons. The number of nitro groups is 1. The number of nitrogens with zero attached hydrogens (tertiary/aromatic N) is 3. The minimum absolute atomic E-state index is 0.125. The molecule has 9 rings (SSSR count). The van der Waals surface area contributed by atoms with Crippen molar-refractivity contribution in [1.82, 2.24) is 0 Å². The standard InChI is InChI=1S/C56H43F4N3O2/c1-32(2)44-10-7-11-45(33(3)4)53(44)61-55-46-12-5-8-34-9-6-13-47(52(34)46)56(55)62-54-48(50(35-14-22-39(57)23-15-35)36-16-24-40(58)25-17-36)30-43(63(64)65)31-49(54)51(37-18-26-41(59)27-19-37)38-20-28-42(60)29-21-38/h5-33,50-51H,1-4H3. The van der Waals surface area contributed by atoms with Crippen LogP contribution in [0.1, 0.15) is 107 Å². The van der Waals surface area contributed by atoms with Gasteiger partial charge in [-0.25, -0.2) is 27.5 Å². The van der Waals surface area contributed by atoms with Crippen LogP contribution in [-0.4, -0.2) is 16.3 Å². The second-order valence-corrected chi connectivity index (χ2v) is 17.0. The number of aliphatic imine (C=N–C) groups is 2. The van der Waals surface area contributed by atoms with Crippen LogP contribution in [0, 0.1) is 33.4 Å². The van der Waals surface area contributed by atoms with E-state index in [9.17, 15) is 27.7 Å². The Kier molecular flexibility index (Phi) is 11.6. The number of halogens is 4. The molecule has 0 aliphatic heterocycles. The smallest absolute Gasteiger partial charge is 0.258 e. The van der Waals surface area contributed by atoms with Gasteiger partial charge in [0.25, 0.3) is 5.69 Å². The zero-order chi connectivity index (χ0) is 45.5. The van der Waals surface area contributed by atoms with Crippen molar-refractivity contribution in [2.45, 2.75) is 51.4 Å². The Morgan fingerprint density at radius 3 is 1.09 bits per heavy atom. The van der Waals surface area contributed by atoms with Gasteiger partial charge in [0.2, 0.25) is 0 Å². The highest BCUT2D eigenvalue weighted by Gasteiger charge is 2.34. The maximum Gasteiger partial charge on any atom is 0.270 e. The SMILES string of the molecule is CC(C)c1cccc(C(C)C)c1N=C1C(=Nc2c(C(c3ccc(F)cc3)c3ccc(F)cc3)cc([N+](=O)[O-])cc2C(c2ccc(F)cc2)c2ccc(F)cc2)c2cccc3cccc1c23. The summed E-state index contributed by atoms with van der Waals surface area (Å²) in [4.78, 5) is 24.0. The van der Waals surface area contributed by atoms with Gasteiger partial charge in [0.05, 0.1) is 27.7 Å². The average molecular weight is 866 g/mol. The van der Waals surface area contributed by atoms with Crippen molar-refractivity contribution in [3.63, 3.8) is 0 Å². The van der Waals surface area contributed by atoms with Gasteiger partial charge in [-0.05, 0) is 110 Å². The number of hydrogen-bond donors (Lipinski definition) is 0. The number of para-hydroxylation sites is 1. The first-order valence-corrected chi connectivity index (χ1v) is 21.5. The first-order valence-electron chi connectivity index (χ1n) is 21.5. The van der Waals surface area contributed by atoms with Crippen LogP contribution in [0.2, 0.25) is 0 Å². The van der Waals surface area contributed by atoms with E-state index in [-0.39, 0.29) is 17.5 Å². The summed E-state index contributed by atoms with van der Waals surface area (Å²) in [6, 6.07) is 44.5. The maximum absolute atomic E-state index is 14.7. The monoisotopic (exact) mass is 865 g/mol. The van der Waals surface area contributed by atoms with E-state index in [0.29, 0.717) is 50.5 Å². The Bertz CT molecular complexity index is 2920. The molecule has 0 fully saturated rings. The molecular formula is C56H43F4N3O2. The van der Waals surface area contributed by atoms with Crippen molar-refractivity contribution in [2.75, 3.05) is 0 Å². The van der Waals surface area contributed by atoms with Crippen molar-refractivity contribution >= 4 is 39.3 Å². The summed E-state index contributed by atoms with van der Waals surface area (Å²) in [6.07, 6.45) is 0. The lowest BCUT2D eigenvalue weighted by Gasteiger charge is -2.26. The van der Waals surface area contributed by atoms with E-state index in [1.807, 2.05) is 36.4 Å². The van der Waals surface area contributed by atoms with Gasteiger partial charge in [-0.1, -0.05) is 131 Å². The molecule has 1 aliphatic rings. The second kappa shape index (κ2) is 17.6. The summed E-state index contributed by atoms with van der Waals surface area (Å²) in [5.41, 5.74) is 8.72. The van der Waals surface area contributed by atoms with Gasteiger partial charge in [0.1, 0.15) is 23.3 Å². The highest BCUT2D eigenvalue weighted by atomic mass is 19.1. The highest BCUT2D eigenvalue weighted by molar-refractivity contribution is 6.61. The lowest BCUT2D eigenvalue weighted by atomic mass is 9.78. The molecule has 0 aromatic heterocycles. The lowest BCUT2D eigenvalue weighted by molar-refractivity contribution is -0.385. The molecule has 0 amide bonds. The summed E-state index contributed by atoms with van der Waals surface area (Å²) in [6.45, 7) is 8.53. The first-order chi connectivity index (χ1) is 31.4. The van der Waals surface area contributed by atoms with Gasteiger partial charge in [0, 0.05) is 40.5 Å². The van der Waals surface area contributed by atoms with Gasteiger partial charge in [-0.3, -0.25) is 10.1 Å². The molecule has 8 aromatic rings. The molecule has 0 N–H and O–H groups in total. The van der Waals surface area contributed by atoms with E-state index >= 15 is 0 Å². The summed E-state index contributed by atoms with van der Waals surface area (Å²) in [7, 11) is 0. The normalized spacial score (nSPS) is 13.7. The van der Waals surface area contributed by atoms with E-state index < -0.39 is 40.0 Å². The molecule has 9 heteroatoms. The van der Waals surface area contributed by atoms with Gasteiger partial charge < -0.3 is 0 Å². The Hall–Kier alpha value is -7.52. The quantitative estimate of drug-likeness (QED) is 0.0562. The Morgan fingerprint density at radius 2 is 0.769 bits per heavy atom. The summed E-state index contributed by atoms with van der Waals surface area (Å²) in [5, 5.41) is 15.1. The third-order valence-electron chi connectivity index (χ3n) is 12.2. The van der Waals surface area contributed by atoms with Gasteiger partial charge in [-0.15, -0.1) is 0 Å². The van der Waals surface area contributed by atoms with E-state index in [1.165, 1.54) is 60.7 Å².